The quantitative estimate of drug-likeness (QED) is 0.646. The van der Waals surface area contributed by atoms with Gasteiger partial charge in [0.1, 0.15) is 16.5 Å². The van der Waals surface area contributed by atoms with Crippen molar-refractivity contribution in [2.75, 3.05) is 18.4 Å². The Labute approximate surface area is 151 Å². The number of sulfonamides is 1. The molecular weight excluding hydrogens is 356 g/mol. The normalized spacial score (nSPS) is 11.8. The number of hydrogen-bond acceptors (Lipinski definition) is 6. The van der Waals surface area contributed by atoms with Gasteiger partial charge < -0.3 is 5.32 Å². The zero-order valence-electron chi connectivity index (χ0n) is 14.3. The summed E-state index contributed by atoms with van der Waals surface area (Å²) in [5.74, 6) is 1.45. The zero-order valence-corrected chi connectivity index (χ0v) is 16.0. The van der Waals surface area contributed by atoms with Crippen LogP contribution in [-0.2, 0) is 10.0 Å². The lowest BCUT2D eigenvalue weighted by Gasteiger charge is -2.10. The SMILES string of the molecule is Cc1nc(NCCNS(=O)(=O)c2ccccc2)c2c(C)c(C)sc2n1. The number of benzene rings is 1. The molecule has 3 rings (SSSR count). The van der Waals surface area contributed by atoms with Crippen molar-refractivity contribution in [1.82, 2.24) is 14.7 Å². The Kier molecular flexibility index (Phi) is 5.03. The van der Waals surface area contributed by atoms with Gasteiger partial charge in [0.05, 0.1) is 10.3 Å². The van der Waals surface area contributed by atoms with Crippen LogP contribution in [0.2, 0.25) is 0 Å². The molecule has 0 spiro atoms. The number of aromatic nitrogens is 2. The summed E-state index contributed by atoms with van der Waals surface area (Å²) < 4.78 is 27.0. The fourth-order valence-electron chi connectivity index (χ4n) is 2.53. The summed E-state index contributed by atoms with van der Waals surface area (Å²) in [4.78, 5) is 11.4. The molecule has 2 N–H and O–H groups in total. The number of fused-ring (bicyclic) bond motifs is 1. The molecule has 0 amide bonds. The molecule has 6 nitrogen and oxygen atoms in total. The van der Waals surface area contributed by atoms with Crippen LogP contribution in [0.5, 0.6) is 0 Å². The largest absolute Gasteiger partial charge is 0.368 e. The zero-order chi connectivity index (χ0) is 18.0. The number of nitrogens with one attached hydrogen (secondary N) is 2. The Bertz CT molecular complexity index is 998. The topological polar surface area (TPSA) is 84.0 Å². The molecule has 0 aliphatic carbocycles. The van der Waals surface area contributed by atoms with Crippen molar-refractivity contribution >= 4 is 37.4 Å². The van der Waals surface area contributed by atoms with Gasteiger partial charge in [0, 0.05) is 18.0 Å². The number of hydrogen-bond donors (Lipinski definition) is 2. The first-order chi connectivity index (χ1) is 11.9. The highest BCUT2D eigenvalue weighted by atomic mass is 32.2. The maximum atomic E-state index is 12.2. The average Bonchev–Trinajstić information content (AvgIpc) is 2.86. The number of aryl methyl sites for hydroxylation is 3. The van der Waals surface area contributed by atoms with Crippen LogP contribution in [0.4, 0.5) is 5.82 Å². The molecule has 25 heavy (non-hydrogen) atoms. The molecule has 0 aliphatic rings. The van der Waals surface area contributed by atoms with Crippen LogP contribution in [0.15, 0.2) is 35.2 Å². The van der Waals surface area contributed by atoms with E-state index in [2.05, 4.69) is 33.9 Å². The van der Waals surface area contributed by atoms with E-state index < -0.39 is 10.0 Å². The van der Waals surface area contributed by atoms with Crippen molar-refractivity contribution in [3.05, 3.63) is 46.6 Å². The van der Waals surface area contributed by atoms with Crippen LogP contribution in [0, 0.1) is 20.8 Å². The van der Waals surface area contributed by atoms with E-state index in [1.54, 1.807) is 41.7 Å². The van der Waals surface area contributed by atoms with E-state index in [4.69, 9.17) is 0 Å². The molecule has 0 radical (unpaired) electrons. The lowest BCUT2D eigenvalue weighted by Crippen LogP contribution is -2.29. The predicted octanol–water partition coefficient (Wildman–Crippen LogP) is 3.01. The van der Waals surface area contributed by atoms with E-state index in [0.717, 1.165) is 21.6 Å². The highest BCUT2D eigenvalue weighted by Gasteiger charge is 2.14. The first kappa shape index (κ1) is 17.8. The summed E-state index contributed by atoms with van der Waals surface area (Å²) in [6.07, 6.45) is 0. The summed E-state index contributed by atoms with van der Waals surface area (Å²) in [6.45, 7) is 6.67. The molecular formula is C17H20N4O2S2. The Morgan fingerprint density at radius 3 is 2.48 bits per heavy atom. The van der Waals surface area contributed by atoms with Crippen LogP contribution in [-0.4, -0.2) is 31.5 Å². The van der Waals surface area contributed by atoms with Gasteiger partial charge in [0.2, 0.25) is 10.0 Å². The minimum Gasteiger partial charge on any atom is -0.368 e. The number of nitrogens with zero attached hydrogens (tertiary/aromatic N) is 2. The van der Waals surface area contributed by atoms with Crippen molar-refractivity contribution < 1.29 is 8.42 Å². The fraction of sp³-hybridized carbons (Fsp3) is 0.294. The molecule has 0 bridgehead atoms. The Balaban J connectivity index is 1.70. The molecule has 0 atom stereocenters. The number of rotatable bonds is 6. The Morgan fingerprint density at radius 2 is 1.76 bits per heavy atom. The molecule has 3 aromatic rings. The van der Waals surface area contributed by atoms with Crippen LogP contribution in [0.1, 0.15) is 16.3 Å². The van der Waals surface area contributed by atoms with Gasteiger partial charge in [0.15, 0.2) is 0 Å². The molecule has 0 fully saturated rings. The highest BCUT2D eigenvalue weighted by Crippen LogP contribution is 2.32. The van der Waals surface area contributed by atoms with Gasteiger partial charge in [-0.25, -0.2) is 23.1 Å². The predicted molar refractivity (Wildman–Crippen MR) is 102 cm³/mol. The second kappa shape index (κ2) is 7.07. The van der Waals surface area contributed by atoms with Gasteiger partial charge in [-0.3, -0.25) is 0 Å². The van der Waals surface area contributed by atoms with Crippen molar-refractivity contribution in [2.24, 2.45) is 0 Å². The summed E-state index contributed by atoms with van der Waals surface area (Å²) >= 11 is 1.65. The first-order valence-electron chi connectivity index (χ1n) is 7.91. The van der Waals surface area contributed by atoms with Gasteiger partial charge in [-0.1, -0.05) is 18.2 Å². The van der Waals surface area contributed by atoms with Gasteiger partial charge in [-0.2, -0.15) is 0 Å². The van der Waals surface area contributed by atoms with Gasteiger partial charge in [-0.15, -0.1) is 11.3 Å². The van der Waals surface area contributed by atoms with Gasteiger partial charge in [-0.05, 0) is 38.5 Å². The van der Waals surface area contributed by atoms with E-state index in [1.807, 2.05) is 6.92 Å². The maximum absolute atomic E-state index is 12.2. The third-order valence-corrected chi connectivity index (χ3v) is 6.48. The molecule has 132 valence electrons. The molecule has 0 saturated heterocycles. The van der Waals surface area contributed by atoms with E-state index in [9.17, 15) is 8.42 Å². The fourth-order valence-corrected chi connectivity index (χ4v) is 4.66. The Hall–Kier alpha value is -2.03. The van der Waals surface area contributed by atoms with Crippen LogP contribution in [0.3, 0.4) is 0 Å². The molecule has 0 unspecified atom stereocenters. The molecule has 2 aromatic heterocycles. The van der Waals surface area contributed by atoms with E-state index in [0.29, 0.717) is 12.4 Å². The third-order valence-electron chi connectivity index (χ3n) is 3.90. The lowest BCUT2D eigenvalue weighted by atomic mass is 10.2. The highest BCUT2D eigenvalue weighted by molar-refractivity contribution is 7.89. The average molecular weight is 377 g/mol. The number of thiophene rings is 1. The third kappa shape index (κ3) is 3.81. The molecule has 8 heteroatoms. The van der Waals surface area contributed by atoms with E-state index in [-0.39, 0.29) is 11.4 Å². The molecule has 1 aromatic carbocycles. The lowest BCUT2D eigenvalue weighted by molar-refractivity contribution is 0.583. The van der Waals surface area contributed by atoms with Crippen LogP contribution >= 0.6 is 11.3 Å². The summed E-state index contributed by atoms with van der Waals surface area (Å²) in [5, 5.41) is 4.25. The second-order valence-electron chi connectivity index (χ2n) is 5.72. The standard InChI is InChI=1S/C17H20N4O2S2/c1-11-12(2)24-17-15(11)16(20-13(3)21-17)18-9-10-19-25(22,23)14-7-5-4-6-8-14/h4-8,19H,9-10H2,1-3H3,(H,18,20,21). The maximum Gasteiger partial charge on any atom is 0.240 e. The summed E-state index contributed by atoms with van der Waals surface area (Å²) in [7, 11) is -3.49. The summed E-state index contributed by atoms with van der Waals surface area (Å²) in [5.41, 5.74) is 1.16. The van der Waals surface area contributed by atoms with Crippen LogP contribution < -0.4 is 10.0 Å². The minimum absolute atomic E-state index is 0.263. The molecule has 0 aliphatic heterocycles. The monoisotopic (exact) mass is 376 g/mol. The number of anilines is 1. The molecule has 2 heterocycles. The van der Waals surface area contributed by atoms with E-state index >= 15 is 0 Å². The summed E-state index contributed by atoms with van der Waals surface area (Å²) in [6, 6.07) is 8.34. The minimum atomic E-state index is -3.49. The first-order valence-corrected chi connectivity index (χ1v) is 10.2. The second-order valence-corrected chi connectivity index (χ2v) is 8.69. The van der Waals surface area contributed by atoms with E-state index in [1.165, 1.54) is 4.88 Å². The van der Waals surface area contributed by atoms with Crippen molar-refractivity contribution in [3.63, 3.8) is 0 Å². The Morgan fingerprint density at radius 1 is 1.04 bits per heavy atom. The van der Waals surface area contributed by atoms with Crippen molar-refractivity contribution in [1.29, 1.82) is 0 Å². The smallest absolute Gasteiger partial charge is 0.240 e. The molecule has 0 saturated carbocycles. The van der Waals surface area contributed by atoms with Crippen molar-refractivity contribution in [3.8, 4) is 0 Å². The van der Waals surface area contributed by atoms with Crippen LogP contribution in [0.25, 0.3) is 10.2 Å². The van der Waals surface area contributed by atoms with Crippen molar-refractivity contribution in [2.45, 2.75) is 25.7 Å². The van der Waals surface area contributed by atoms with Gasteiger partial charge in [0.25, 0.3) is 0 Å². The van der Waals surface area contributed by atoms with Gasteiger partial charge >= 0.3 is 0 Å².